The molecule has 1 aliphatic carbocycles. The highest BCUT2D eigenvalue weighted by Crippen LogP contribution is 2.36. The van der Waals surface area contributed by atoms with Gasteiger partial charge in [-0.3, -0.25) is 4.79 Å². The number of hydrogen-bond donors (Lipinski definition) is 1. The Bertz CT molecular complexity index is 581. The molecular formula is C13H16BrNO3S. The number of nitrogens with one attached hydrogen (secondary N) is 1. The minimum atomic E-state index is -3.28. The van der Waals surface area contributed by atoms with Crippen molar-refractivity contribution in [3.8, 4) is 0 Å². The number of benzene rings is 1. The highest BCUT2D eigenvalue weighted by Gasteiger charge is 2.29. The number of amides is 1. The van der Waals surface area contributed by atoms with Gasteiger partial charge in [0.1, 0.15) is 0 Å². The van der Waals surface area contributed by atoms with Crippen molar-refractivity contribution in [2.45, 2.75) is 22.6 Å². The third-order valence-corrected chi connectivity index (χ3v) is 5.30. The van der Waals surface area contributed by atoms with E-state index in [0.717, 1.165) is 6.26 Å². The summed E-state index contributed by atoms with van der Waals surface area (Å²) in [6.45, 7) is 0.562. The van der Waals surface area contributed by atoms with Crippen LogP contribution in [0, 0.1) is 5.92 Å². The Morgan fingerprint density at radius 2 is 2.16 bits per heavy atom. The Kier molecular flexibility index (Phi) is 4.30. The van der Waals surface area contributed by atoms with E-state index in [1.54, 1.807) is 12.1 Å². The summed E-state index contributed by atoms with van der Waals surface area (Å²) in [7, 11) is -3.28. The Labute approximate surface area is 121 Å². The van der Waals surface area contributed by atoms with E-state index >= 15 is 0 Å². The third-order valence-electron chi connectivity index (χ3n) is 3.12. The molecule has 4 nitrogen and oxygen atoms in total. The van der Waals surface area contributed by atoms with Crippen LogP contribution in [-0.2, 0) is 9.84 Å². The predicted molar refractivity (Wildman–Crippen MR) is 77.3 cm³/mol. The molecule has 0 saturated heterocycles. The standard InChI is InChI=1S/C13H16BrNO3S/c1-19(17,18)11-4-2-3-10(7-11)13(16)15-8-12(14)9-5-6-9/h2-4,7,9,12H,5-6,8H2,1H3,(H,15,16). The number of alkyl halides is 1. The van der Waals surface area contributed by atoms with E-state index in [0.29, 0.717) is 22.9 Å². The fraction of sp³-hybridized carbons (Fsp3) is 0.462. The molecule has 6 heteroatoms. The molecule has 19 heavy (non-hydrogen) atoms. The molecule has 1 atom stereocenters. The molecule has 0 radical (unpaired) electrons. The fourth-order valence-corrected chi connectivity index (χ4v) is 3.14. The van der Waals surface area contributed by atoms with Gasteiger partial charge < -0.3 is 5.32 Å². The van der Waals surface area contributed by atoms with Crippen LogP contribution in [-0.4, -0.2) is 32.0 Å². The Hall–Kier alpha value is -0.880. The molecule has 1 saturated carbocycles. The zero-order valence-corrected chi connectivity index (χ0v) is 13.0. The first-order valence-corrected chi connectivity index (χ1v) is 8.91. The fourth-order valence-electron chi connectivity index (χ4n) is 1.78. The van der Waals surface area contributed by atoms with Crippen LogP contribution < -0.4 is 5.32 Å². The van der Waals surface area contributed by atoms with E-state index in [1.807, 2.05) is 0 Å². The van der Waals surface area contributed by atoms with Crippen LogP contribution in [0.25, 0.3) is 0 Å². The zero-order chi connectivity index (χ0) is 14.0. The minimum Gasteiger partial charge on any atom is -0.351 e. The average molecular weight is 346 g/mol. The van der Waals surface area contributed by atoms with Gasteiger partial charge in [-0.1, -0.05) is 22.0 Å². The molecule has 0 aromatic heterocycles. The monoisotopic (exact) mass is 345 g/mol. The molecular weight excluding hydrogens is 330 g/mol. The molecule has 1 amide bonds. The van der Waals surface area contributed by atoms with Gasteiger partial charge in [0.2, 0.25) is 0 Å². The van der Waals surface area contributed by atoms with Gasteiger partial charge in [-0.15, -0.1) is 0 Å². The smallest absolute Gasteiger partial charge is 0.251 e. The summed E-state index contributed by atoms with van der Waals surface area (Å²) in [6, 6.07) is 6.09. The van der Waals surface area contributed by atoms with Gasteiger partial charge >= 0.3 is 0 Å². The van der Waals surface area contributed by atoms with Gasteiger partial charge in [-0.05, 0) is 37.0 Å². The topological polar surface area (TPSA) is 63.2 Å². The number of hydrogen-bond acceptors (Lipinski definition) is 3. The number of carbonyl (C=O) groups is 1. The first kappa shape index (κ1) is 14.5. The summed E-state index contributed by atoms with van der Waals surface area (Å²) >= 11 is 3.54. The van der Waals surface area contributed by atoms with Crippen LogP contribution in [0.1, 0.15) is 23.2 Å². The largest absolute Gasteiger partial charge is 0.351 e. The first-order chi connectivity index (χ1) is 8.88. The van der Waals surface area contributed by atoms with E-state index in [4.69, 9.17) is 0 Å². The van der Waals surface area contributed by atoms with E-state index in [1.165, 1.54) is 25.0 Å². The summed E-state index contributed by atoms with van der Waals surface area (Å²) in [5.74, 6) is 0.415. The van der Waals surface area contributed by atoms with Crippen LogP contribution >= 0.6 is 15.9 Å². The minimum absolute atomic E-state index is 0.165. The molecule has 1 aromatic rings. The molecule has 1 unspecified atom stereocenters. The van der Waals surface area contributed by atoms with E-state index in [9.17, 15) is 13.2 Å². The Morgan fingerprint density at radius 3 is 2.74 bits per heavy atom. The molecule has 1 fully saturated rings. The number of halogens is 1. The van der Waals surface area contributed by atoms with Crippen molar-refractivity contribution in [1.82, 2.24) is 5.32 Å². The average Bonchev–Trinajstić information content (AvgIpc) is 3.19. The second kappa shape index (κ2) is 5.63. The van der Waals surface area contributed by atoms with E-state index < -0.39 is 9.84 Å². The number of rotatable bonds is 5. The maximum atomic E-state index is 11.9. The Morgan fingerprint density at radius 1 is 1.47 bits per heavy atom. The maximum Gasteiger partial charge on any atom is 0.251 e. The lowest BCUT2D eigenvalue weighted by Crippen LogP contribution is -2.30. The summed E-state index contributed by atoms with van der Waals surface area (Å²) in [6.07, 6.45) is 3.54. The molecule has 0 bridgehead atoms. The van der Waals surface area contributed by atoms with Gasteiger partial charge in [0, 0.05) is 23.2 Å². The SMILES string of the molecule is CS(=O)(=O)c1cccc(C(=O)NCC(Br)C2CC2)c1. The van der Waals surface area contributed by atoms with E-state index in [-0.39, 0.29) is 10.8 Å². The Balaban J connectivity index is 2.02. The quantitative estimate of drug-likeness (QED) is 0.830. The molecule has 0 heterocycles. The van der Waals surface area contributed by atoms with Crippen molar-refractivity contribution in [1.29, 1.82) is 0 Å². The van der Waals surface area contributed by atoms with Crippen molar-refractivity contribution >= 4 is 31.7 Å². The second-order valence-corrected chi connectivity index (χ2v) is 8.06. The van der Waals surface area contributed by atoms with Gasteiger partial charge in [-0.2, -0.15) is 0 Å². The van der Waals surface area contributed by atoms with E-state index in [2.05, 4.69) is 21.2 Å². The van der Waals surface area contributed by atoms with Crippen molar-refractivity contribution in [3.05, 3.63) is 29.8 Å². The summed E-state index contributed by atoms with van der Waals surface area (Å²) in [4.78, 5) is 12.4. The summed E-state index contributed by atoms with van der Waals surface area (Å²) in [5.41, 5.74) is 0.374. The zero-order valence-electron chi connectivity index (χ0n) is 10.6. The van der Waals surface area contributed by atoms with Crippen molar-refractivity contribution < 1.29 is 13.2 Å². The molecule has 2 rings (SSSR count). The van der Waals surface area contributed by atoms with Crippen molar-refractivity contribution in [2.75, 3.05) is 12.8 Å². The second-order valence-electron chi connectivity index (χ2n) is 4.86. The van der Waals surface area contributed by atoms with Gasteiger partial charge in [-0.25, -0.2) is 8.42 Å². The third kappa shape index (κ3) is 4.04. The molecule has 104 valence electrons. The number of carbonyl (C=O) groups excluding carboxylic acids is 1. The number of sulfone groups is 1. The lowest BCUT2D eigenvalue weighted by molar-refractivity contribution is 0.0953. The van der Waals surface area contributed by atoms with Crippen LogP contribution in [0.15, 0.2) is 29.2 Å². The van der Waals surface area contributed by atoms with Gasteiger partial charge in [0.15, 0.2) is 9.84 Å². The van der Waals surface area contributed by atoms with Crippen LogP contribution in [0.2, 0.25) is 0 Å². The maximum absolute atomic E-state index is 11.9. The summed E-state index contributed by atoms with van der Waals surface area (Å²) < 4.78 is 22.9. The van der Waals surface area contributed by atoms with Crippen LogP contribution in [0.3, 0.4) is 0 Å². The van der Waals surface area contributed by atoms with Crippen molar-refractivity contribution in [3.63, 3.8) is 0 Å². The van der Waals surface area contributed by atoms with Crippen LogP contribution in [0.5, 0.6) is 0 Å². The lowest BCUT2D eigenvalue weighted by Gasteiger charge is -2.10. The van der Waals surface area contributed by atoms with Crippen molar-refractivity contribution in [2.24, 2.45) is 5.92 Å². The molecule has 1 aromatic carbocycles. The summed E-state index contributed by atoms with van der Waals surface area (Å²) in [5, 5.41) is 2.82. The van der Waals surface area contributed by atoms with Crippen LogP contribution in [0.4, 0.5) is 0 Å². The highest BCUT2D eigenvalue weighted by molar-refractivity contribution is 9.09. The normalized spacial score (nSPS) is 16.9. The van der Waals surface area contributed by atoms with Gasteiger partial charge in [0.05, 0.1) is 4.90 Å². The first-order valence-electron chi connectivity index (χ1n) is 6.10. The predicted octanol–water partition coefficient (Wildman–Crippen LogP) is 1.99. The highest BCUT2D eigenvalue weighted by atomic mass is 79.9. The molecule has 1 N–H and O–H groups in total. The molecule has 0 aliphatic heterocycles. The molecule has 1 aliphatic rings. The lowest BCUT2D eigenvalue weighted by atomic mass is 10.2. The molecule has 0 spiro atoms. The van der Waals surface area contributed by atoms with Gasteiger partial charge in [0.25, 0.3) is 5.91 Å².